The summed E-state index contributed by atoms with van der Waals surface area (Å²) < 4.78 is 5.26. The third-order valence-electron chi connectivity index (χ3n) is 4.56. The van der Waals surface area contributed by atoms with Gasteiger partial charge in [-0.25, -0.2) is 0 Å². The standard InChI is InChI=1S/C18H38N2O/c1-16(2)15-19-11-7-5-6-8-12-20(13-14-21-4)17(3)18-9-10-18/h16-19H,5-15H2,1-4H3. The largest absolute Gasteiger partial charge is 0.383 e. The van der Waals surface area contributed by atoms with Crippen molar-refractivity contribution in [1.82, 2.24) is 10.2 Å². The van der Waals surface area contributed by atoms with Crippen LogP contribution in [0.5, 0.6) is 0 Å². The lowest BCUT2D eigenvalue weighted by Gasteiger charge is -2.29. The van der Waals surface area contributed by atoms with Crippen LogP contribution in [-0.2, 0) is 4.74 Å². The van der Waals surface area contributed by atoms with Gasteiger partial charge in [-0.2, -0.15) is 0 Å². The second kappa shape index (κ2) is 11.4. The first kappa shape index (κ1) is 18.9. The van der Waals surface area contributed by atoms with Crippen molar-refractivity contribution in [2.75, 3.05) is 39.9 Å². The predicted molar refractivity (Wildman–Crippen MR) is 91.8 cm³/mol. The van der Waals surface area contributed by atoms with Crippen LogP contribution in [0.25, 0.3) is 0 Å². The van der Waals surface area contributed by atoms with Crippen LogP contribution in [0.1, 0.15) is 59.3 Å². The van der Waals surface area contributed by atoms with E-state index in [-0.39, 0.29) is 0 Å². The van der Waals surface area contributed by atoms with E-state index < -0.39 is 0 Å². The van der Waals surface area contributed by atoms with Crippen molar-refractivity contribution in [1.29, 1.82) is 0 Å². The number of methoxy groups -OCH3 is 1. The molecule has 0 amide bonds. The Morgan fingerprint density at radius 3 is 2.38 bits per heavy atom. The van der Waals surface area contributed by atoms with Gasteiger partial charge in [0.15, 0.2) is 0 Å². The number of hydrogen-bond donors (Lipinski definition) is 1. The Hall–Kier alpha value is -0.120. The maximum atomic E-state index is 5.26. The zero-order chi connectivity index (χ0) is 15.5. The van der Waals surface area contributed by atoms with E-state index in [2.05, 4.69) is 31.0 Å². The van der Waals surface area contributed by atoms with E-state index in [4.69, 9.17) is 4.74 Å². The van der Waals surface area contributed by atoms with Crippen LogP contribution in [0.15, 0.2) is 0 Å². The molecule has 0 radical (unpaired) electrons. The van der Waals surface area contributed by atoms with Gasteiger partial charge in [0.1, 0.15) is 0 Å². The highest BCUT2D eigenvalue weighted by Gasteiger charge is 2.31. The summed E-state index contributed by atoms with van der Waals surface area (Å²) in [7, 11) is 1.81. The van der Waals surface area contributed by atoms with Crippen molar-refractivity contribution in [2.45, 2.75) is 65.3 Å². The molecule has 126 valence electrons. The topological polar surface area (TPSA) is 24.5 Å². The Morgan fingerprint density at radius 2 is 1.76 bits per heavy atom. The van der Waals surface area contributed by atoms with Gasteiger partial charge in [-0.3, -0.25) is 4.90 Å². The molecule has 0 aromatic carbocycles. The number of nitrogens with one attached hydrogen (secondary N) is 1. The van der Waals surface area contributed by atoms with Crippen LogP contribution in [0.3, 0.4) is 0 Å². The average Bonchev–Trinajstić information content (AvgIpc) is 3.28. The molecule has 0 spiro atoms. The van der Waals surface area contributed by atoms with Crippen LogP contribution in [0, 0.1) is 11.8 Å². The number of ether oxygens (including phenoxy) is 1. The number of unbranched alkanes of at least 4 members (excludes halogenated alkanes) is 3. The third-order valence-corrected chi connectivity index (χ3v) is 4.56. The molecule has 1 atom stereocenters. The van der Waals surface area contributed by atoms with Crippen LogP contribution >= 0.6 is 0 Å². The van der Waals surface area contributed by atoms with E-state index in [0.717, 1.165) is 37.6 Å². The van der Waals surface area contributed by atoms with Crippen molar-refractivity contribution in [2.24, 2.45) is 11.8 Å². The van der Waals surface area contributed by atoms with Crippen molar-refractivity contribution in [3.8, 4) is 0 Å². The predicted octanol–water partition coefficient (Wildman–Crippen LogP) is 3.54. The maximum Gasteiger partial charge on any atom is 0.0589 e. The van der Waals surface area contributed by atoms with Gasteiger partial charge in [0.05, 0.1) is 6.61 Å². The molecule has 1 aliphatic rings. The first-order valence-electron chi connectivity index (χ1n) is 9.08. The maximum absolute atomic E-state index is 5.26. The molecule has 1 unspecified atom stereocenters. The van der Waals surface area contributed by atoms with Crippen molar-refractivity contribution in [3.63, 3.8) is 0 Å². The molecule has 0 bridgehead atoms. The first-order chi connectivity index (χ1) is 10.1. The number of rotatable bonds is 14. The Morgan fingerprint density at radius 1 is 1.05 bits per heavy atom. The molecule has 1 saturated carbocycles. The molecule has 1 N–H and O–H groups in total. The highest BCUT2D eigenvalue weighted by Crippen LogP contribution is 2.35. The van der Waals surface area contributed by atoms with Crippen molar-refractivity contribution >= 4 is 0 Å². The zero-order valence-electron chi connectivity index (χ0n) is 14.9. The van der Waals surface area contributed by atoms with E-state index in [1.807, 2.05) is 7.11 Å². The van der Waals surface area contributed by atoms with Crippen LogP contribution in [0.2, 0.25) is 0 Å². The van der Waals surface area contributed by atoms with Crippen molar-refractivity contribution < 1.29 is 4.74 Å². The number of nitrogens with zero attached hydrogens (tertiary/aromatic N) is 1. The normalized spacial score (nSPS) is 16.9. The molecule has 0 aliphatic heterocycles. The molecule has 21 heavy (non-hydrogen) atoms. The molecule has 0 saturated heterocycles. The average molecular weight is 299 g/mol. The SMILES string of the molecule is COCCN(CCCCCCNCC(C)C)C(C)C1CC1. The Kier molecular flexibility index (Phi) is 10.3. The summed E-state index contributed by atoms with van der Waals surface area (Å²) in [6.45, 7) is 12.5. The second-order valence-electron chi connectivity index (χ2n) is 7.12. The first-order valence-corrected chi connectivity index (χ1v) is 9.08. The van der Waals surface area contributed by atoms with E-state index in [1.54, 1.807) is 0 Å². The summed E-state index contributed by atoms with van der Waals surface area (Å²) in [5.74, 6) is 1.73. The van der Waals surface area contributed by atoms with Gasteiger partial charge in [-0.15, -0.1) is 0 Å². The van der Waals surface area contributed by atoms with Gasteiger partial charge < -0.3 is 10.1 Å². The summed E-state index contributed by atoms with van der Waals surface area (Å²) in [5.41, 5.74) is 0. The second-order valence-corrected chi connectivity index (χ2v) is 7.12. The summed E-state index contributed by atoms with van der Waals surface area (Å²) >= 11 is 0. The molecule has 1 aliphatic carbocycles. The lowest BCUT2D eigenvalue weighted by molar-refractivity contribution is 0.115. The molecular weight excluding hydrogens is 260 g/mol. The Labute approximate surface area is 132 Å². The molecule has 1 fully saturated rings. The quantitative estimate of drug-likeness (QED) is 0.496. The summed E-state index contributed by atoms with van der Waals surface area (Å²) in [6.07, 6.45) is 8.26. The minimum absolute atomic E-state index is 0.757. The minimum Gasteiger partial charge on any atom is -0.383 e. The fourth-order valence-electron chi connectivity index (χ4n) is 2.91. The zero-order valence-corrected chi connectivity index (χ0v) is 14.9. The van der Waals surface area contributed by atoms with Crippen molar-refractivity contribution in [3.05, 3.63) is 0 Å². The molecule has 0 aromatic heterocycles. The lowest BCUT2D eigenvalue weighted by Crippen LogP contribution is -2.37. The van der Waals surface area contributed by atoms with E-state index in [0.29, 0.717) is 0 Å². The summed E-state index contributed by atoms with van der Waals surface area (Å²) in [4.78, 5) is 2.65. The highest BCUT2D eigenvalue weighted by molar-refractivity contribution is 4.85. The Bertz CT molecular complexity index is 241. The van der Waals surface area contributed by atoms with Gasteiger partial charge >= 0.3 is 0 Å². The van der Waals surface area contributed by atoms with E-state index >= 15 is 0 Å². The van der Waals surface area contributed by atoms with Gasteiger partial charge in [0, 0.05) is 19.7 Å². The monoisotopic (exact) mass is 298 g/mol. The van der Waals surface area contributed by atoms with Gasteiger partial charge in [0.25, 0.3) is 0 Å². The summed E-state index contributed by atoms with van der Waals surface area (Å²) in [5, 5.41) is 3.53. The smallest absolute Gasteiger partial charge is 0.0589 e. The van der Waals surface area contributed by atoms with Crippen LogP contribution in [0.4, 0.5) is 0 Å². The summed E-state index contributed by atoms with van der Waals surface area (Å²) in [6, 6.07) is 0.757. The third kappa shape index (κ3) is 9.49. The Balaban J connectivity index is 2.01. The molecular formula is C18H38N2O. The van der Waals surface area contributed by atoms with Gasteiger partial charge in [0.2, 0.25) is 0 Å². The minimum atomic E-state index is 0.757. The van der Waals surface area contributed by atoms with Gasteiger partial charge in [-0.05, 0) is 64.1 Å². The lowest BCUT2D eigenvalue weighted by atomic mass is 10.1. The fourth-order valence-corrected chi connectivity index (χ4v) is 2.91. The fraction of sp³-hybridized carbons (Fsp3) is 1.00. The molecule has 0 heterocycles. The van der Waals surface area contributed by atoms with Crippen LogP contribution in [-0.4, -0.2) is 50.8 Å². The van der Waals surface area contributed by atoms with Crippen LogP contribution < -0.4 is 5.32 Å². The number of hydrogen-bond acceptors (Lipinski definition) is 3. The molecule has 1 rings (SSSR count). The molecule has 3 nitrogen and oxygen atoms in total. The van der Waals surface area contributed by atoms with E-state index in [1.165, 1.54) is 51.6 Å². The van der Waals surface area contributed by atoms with E-state index in [9.17, 15) is 0 Å². The van der Waals surface area contributed by atoms with Gasteiger partial charge in [-0.1, -0.05) is 26.7 Å². The molecule has 3 heteroatoms. The highest BCUT2D eigenvalue weighted by atomic mass is 16.5. The molecule has 0 aromatic rings.